The summed E-state index contributed by atoms with van der Waals surface area (Å²) in [7, 11) is 0. The molecule has 2 atom stereocenters. The highest BCUT2D eigenvalue weighted by atomic mass is 19.1. The van der Waals surface area contributed by atoms with E-state index >= 15 is 0 Å². The van der Waals surface area contributed by atoms with Crippen LogP contribution in [0, 0.1) is 11.6 Å². The molecule has 1 N–H and O–H groups in total. The monoisotopic (exact) mass is 332 g/mol. The van der Waals surface area contributed by atoms with Crippen LogP contribution in [0.5, 0.6) is 11.6 Å². The molecule has 3 aliphatic carbocycles. The van der Waals surface area contributed by atoms with Gasteiger partial charge in [0.15, 0.2) is 11.6 Å². The lowest BCUT2D eigenvalue weighted by Crippen LogP contribution is -2.35. The zero-order valence-electron chi connectivity index (χ0n) is 13.1. The van der Waals surface area contributed by atoms with Crippen molar-refractivity contribution >= 4 is 0 Å². The lowest BCUT2D eigenvalue weighted by atomic mass is 9.71. The van der Waals surface area contributed by atoms with Crippen LogP contribution < -0.4 is 4.74 Å². The molecule has 0 aliphatic heterocycles. The second-order valence-corrected chi connectivity index (χ2v) is 6.71. The molecule has 0 saturated heterocycles. The van der Waals surface area contributed by atoms with Crippen LogP contribution in [0.15, 0.2) is 24.3 Å². The topological polar surface area (TPSA) is 55.2 Å². The van der Waals surface area contributed by atoms with E-state index in [-0.39, 0.29) is 17.9 Å². The summed E-state index contributed by atoms with van der Waals surface area (Å²) in [5.74, 6) is -1.61. The van der Waals surface area contributed by atoms with E-state index in [1.54, 1.807) is 6.07 Å². The first-order valence-electron chi connectivity index (χ1n) is 8.24. The minimum absolute atomic E-state index is 0.0452. The van der Waals surface area contributed by atoms with E-state index in [0.29, 0.717) is 5.92 Å². The zero-order chi connectivity index (χ0) is 16.7. The second-order valence-electron chi connectivity index (χ2n) is 6.71. The van der Waals surface area contributed by atoms with Crippen molar-refractivity contribution in [3.63, 3.8) is 0 Å². The molecule has 4 nitrogen and oxygen atoms in total. The minimum Gasteiger partial charge on any atom is -0.431 e. The second kappa shape index (κ2) is 5.77. The third-order valence-corrected chi connectivity index (χ3v) is 5.35. The maximum absolute atomic E-state index is 13.8. The van der Waals surface area contributed by atoms with Crippen LogP contribution >= 0.6 is 0 Å². The fraction of sp³-hybridized carbons (Fsp3) is 0.444. The smallest absolute Gasteiger partial charge is 0.239 e. The van der Waals surface area contributed by atoms with Gasteiger partial charge >= 0.3 is 0 Å². The van der Waals surface area contributed by atoms with Gasteiger partial charge in [-0.2, -0.15) is 5.10 Å². The van der Waals surface area contributed by atoms with Gasteiger partial charge in [0, 0.05) is 11.5 Å². The van der Waals surface area contributed by atoms with E-state index in [1.165, 1.54) is 6.07 Å². The largest absolute Gasteiger partial charge is 0.431 e. The van der Waals surface area contributed by atoms with Gasteiger partial charge < -0.3 is 9.84 Å². The molecule has 1 aromatic carbocycles. The summed E-state index contributed by atoms with van der Waals surface area (Å²) in [5.41, 5.74) is 1.48. The lowest BCUT2D eigenvalue weighted by Gasteiger charge is -2.35. The number of aliphatic hydroxyl groups excluding tert-OH is 1. The summed E-state index contributed by atoms with van der Waals surface area (Å²) in [6, 6.07) is 5.29. The first-order chi connectivity index (χ1) is 11.6. The third kappa shape index (κ3) is 2.36. The average Bonchev–Trinajstić information content (AvgIpc) is 2.90. The average molecular weight is 332 g/mol. The van der Waals surface area contributed by atoms with Crippen molar-refractivity contribution in [3.8, 4) is 11.6 Å². The molecule has 126 valence electrons. The molecule has 2 bridgehead atoms. The lowest BCUT2D eigenvalue weighted by molar-refractivity contribution is 0.164. The van der Waals surface area contributed by atoms with Crippen LogP contribution in [0.4, 0.5) is 8.78 Å². The van der Waals surface area contributed by atoms with Crippen LogP contribution in [-0.4, -0.2) is 21.9 Å². The van der Waals surface area contributed by atoms with Crippen molar-refractivity contribution in [2.75, 3.05) is 6.61 Å². The molecule has 2 aromatic rings. The van der Waals surface area contributed by atoms with E-state index in [2.05, 4.69) is 10.2 Å². The summed E-state index contributed by atoms with van der Waals surface area (Å²) in [5, 5.41) is 18.2. The van der Waals surface area contributed by atoms with Gasteiger partial charge in [-0.1, -0.05) is 12.5 Å². The maximum atomic E-state index is 13.8. The van der Waals surface area contributed by atoms with Gasteiger partial charge in [0.2, 0.25) is 11.6 Å². The van der Waals surface area contributed by atoms with Gasteiger partial charge in [-0.15, -0.1) is 5.10 Å². The van der Waals surface area contributed by atoms with Gasteiger partial charge in [-0.05, 0) is 49.3 Å². The standard InChI is InChI=1S/C18H18F2N2O2/c19-13-4-1-5-14(20)16(13)24-15-9-12-11-3-2-7-18(10-23,8-6-11)17(12)22-21-15/h1,4-5,9,11,23H,2-3,6-8,10H2/t11-,18+/m0/s1. The molecule has 1 saturated carbocycles. The van der Waals surface area contributed by atoms with Crippen LogP contribution in [0.25, 0.3) is 0 Å². The molecule has 0 unspecified atom stereocenters. The van der Waals surface area contributed by atoms with E-state index in [1.807, 2.05) is 0 Å². The van der Waals surface area contributed by atoms with E-state index < -0.39 is 17.4 Å². The summed E-state index contributed by atoms with van der Waals surface area (Å²) < 4.78 is 32.9. The first-order valence-corrected chi connectivity index (χ1v) is 8.24. The number of hydrogen-bond donors (Lipinski definition) is 1. The Morgan fingerprint density at radius 3 is 2.71 bits per heavy atom. The minimum atomic E-state index is -0.778. The van der Waals surface area contributed by atoms with Crippen molar-refractivity contribution < 1.29 is 18.6 Å². The molecule has 1 fully saturated rings. The molecule has 5 rings (SSSR count). The molecule has 6 heteroatoms. The molecule has 3 aliphatic rings. The molecule has 1 aromatic heterocycles. The Morgan fingerprint density at radius 2 is 1.96 bits per heavy atom. The Hall–Kier alpha value is -2.08. The fourth-order valence-corrected chi connectivity index (χ4v) is 4.03. The molecule has 0 amide bonds. The summed E-state index contributed by atoms with van der Waals surface area (Å²) in [6.07, 6.45) is 4.82. The number of fused-ring (bicyclic) bond motifs is 3. The quantitative estimate of drug-likeness (QED) is 0.928. The van der Waals surface area contributed by atoms with E-state index in [9.17, 15) is 13.9 Å². The third-order valence-electron chi connectivity index (χ3n) is 5.35. The molecular formula is C18H18F2N2O2. The van der Waals surface area contributed by atoms with Crippen molar-refractivity contribution in [1.29, 1.82) is 0 Å². The molecule has 0 spiro atoms. The highest BCUT2D eigenvalue weighted by Gasteiger charge is 2.43. The molecule has 0 radical (unpaired) electrons. The number of nitrogens with zero attached hydrogens (tertiary/aromatic N) is 2. The summed E-state index contributed by atoms with van der Waals surface area (Å²) in [4.78, 5) is 0. The number of hydrogen-bond acceptors (Lipinski definition) is 4. The number of benzene rings is 1. The Bertz CT molecular complexity index is 759. The number of para-hydroxylation sites is 1. The number of aliphatic hydroxyl groups is 1. The zero-order valence-corrected chi connectivity index (χ0v) is 13.1. The number of aromatic nitrogens is 2. The van der Waals surface area contributed by atoms with Gasteiger partial charge in [-0.25, -0.2) is 8.78 Å². The van der Waals surface area contributed by atoms with Crippen molar-refractivity contribution in [2.45, 2.75) is 43.4 Å². The molecule has 1 heterocycles. The number of halogens is 2. The van der Waals surface area contributed by atoms with Crippen LogP contribution in [-0.2, 0) is 5.41 Å². The van der Waals surface area contributed by atoms with Crippen LogP contribution in [0.2, 0.25) is 0 Å². The summed E-state index contributed by atoms with van der Waals surface area (Å²) >= 11 is 0. The fourth-order valence-electron chi connectivity index (χ4n) is 4.03. The van der Waals surface area contributed by atoms with Gasteiger partial charge in [-0.3, -0.25) is 0 Å². The molecule has 24 heavy (non-hydrogen) atoms. The Morgan fingerprint density at radius 1 is 1.17 bits per heavy atom. The van der Waals surface area contributed by atoms with E-state index in [0.717, 1.165) is 55.5 Å². The highest BCUT2D eigenvalue weighted by molar-refractivity contribution is 5.39. The predicted octanol–water partition coefficient (Wildman–Crippen LogP) is 3.84. The van der Waals surface area contributed by atoms with E-state index in [4.69, 9.17) is 4.74 Å². The summed E-state index contributed by atoms with van der Waals surface area (Å²) in [6.45, 7) is 0.0452. The van der Waals surface area contributed by atoms with Crippen molar-refractivity contribution in [2.24, 2.45) is 0 Å². The van der Waals surface area contributed by atoms with Crippen LogP contribution in [0.3, 0.4) is 0 Å². The van der Waals surface area contributed by atoms with Crippen LogP contribution in [0.1, 0.15) is 49.3 Å². The highest BCUT2D eigenvalue weighted by Crippen LogP contribution is 2.50. The van der Waals surface area contributed by atoms with Gasteiger partial charge in [0.05, 0.1) is 12.3 Å². The van der Waals surface area contributed by atoms with Gasteiger partial charge in [0.1, 0.15) is 0 Å². The normalized spacial score (nSPS) is 25.2. The van der Waals surface area contributed by atoms with Crippen molar-refractivity contribution in [3.05, 3.63) is 47.2 Å². The SMILES string of the molecule is OC[C@@]12CCC[C@@H](CC1)c1cc(Oc3c(F)cccc3F)nnc12. The maximum Gasteiger partial charge on any atom is 0.239 e. The Kier molecular flexibility index (Phi) is 3.72. The Balaban J connectivity index is 1.74. The van der Waals surface area contributed by atoms with Gasteiger partial charge in [0.25, 0.3) is 0 Å². The number of rotatable bonds is 3. The predicted molar refractivity (Wildman–Crippen MR) is 83.1 cm³/mol. The first kappa shape index (κ1) is 15.4. The number of ether oxygens (including phenoxy) is 1. The molecular weight excluding hydrogens is 314 g/mol. The Labute approximate surface area is 138 Å². The van der Waals surface area contributed by atoms with Crippen molar-refractivity contribution in [1.82, 2.24) is 10.2 Å².